The first-order chi connectivity index (χ1) is 9.04. The minimum atomic E-state index is -1.18. The maximum atomic E-state index is 11.8. The Kier molecular flexibility index (Phi) is 5.52. The zero-order valence-corrected chi connectivity index (χ0v) is 12.1. The van der Waals surface area contributed by atoms with E-state index in [9.17, 15) is 9.59 Å². The maximum absolute atomic E-state index is 11.8. The van der Waals surface area contributed by atoms with Gasteiger partial charge in [0.2, 0.25) is 0 Å². The van der Waals surface area contributed by atoms with Crippen molar-refractivity contribution < 1.29 is 19.1 Å². The Hall–Kier alpha value is -1.87. The number of carbonyl (C=O) groups is 2. The van der Waals surface area contributed by atoms with E-state index in [4.69, 9.17) is 10.00 Å². The van der Waals surface area contributed by atoms with Gasteiger partial charge in [-0.3, -0.25) is 4.79 Å². The third kappa shape index (κ3) is 3.55. The van der Waals surface area contributed by atoms with Crippen LogP contribution in [-0.2, 0) is 14.3 Å². The van der Waals surface area contributed by atoms with Crippen molar-refractivity contribution in [2.75, 3.05) is 13.7 Å². The molecule has 0 heterocycles. The van der Waals surface area contributed by atoms with Gasteiger partial charge in [0, 0.05) is 0 Å². The number of benzene rings is 1. The van der Waals surface area contributed by atoms with E-state index in [1.165, 1.54) is 7.11 Å². The molecule has 0 aromatic heterocycles. The summed E-state index contributed by atoms with van der Waals surface area (Å²) >= 11 is 3.26. The number of ether oxygens (including phenoxy) is 2. The lowest BCUT2D eigenvalue weighted by Gasteiger charge is -2.10. The minimum Gasteiger partial charge on any atom is -0.496 e. The van der Waals surface area contributed by atoms with Gasteiger partial charge in [-0.1, -0.05) is 6.07 Å². The van der Waals surface area contributed by atoms with E-state index in [1.54, 1.807) is 25.1 Å². The number of ketones is 1. The molecule has 0 fully saturated rings. The molecule has 0 aliphatic rings. The standard InChI is InChI=1S/C13H12BrNO4/c1-3-19-13(17)12(16)9(7-15)8-4-5-11(18-2)10(14)6-8/h4-6,9H,3H2,1-2H3. The van der Waals surface area contributed by atoms with Crippen LogP contribution in [0.4, 0.5) is 0 Å². The smallest absolute Gasteiger partial charge is 0.376 e. The van der Waals surface area contributed by atoms with Gasteiger partial charge in [-0.25, -0.2) is 4.79 Å². The molecule has 100 valence electrons. The molecular formula is C13H12BrNO4. The highest BCUT2D eigenvalue weighted by Gasteiger charge is 2.28. The van der Waals surface area contributed by atoms with Gasteiger partial charge in [0.05, 0.1) is 24.3 Å². The average molecular weight is 326 g/mol. The van der Waals surface area contributed by atoms with Crippen LogP contribution in [0.2, 0.25) is 0 Å². The average Bonchev–Trinajstić information content (AvgIpc) is 2.40. The molecule has 0 spiro atoms. The fourth-order valence-corrected chi connectivity index (χ4v) is 2.03. The molecular weight excluding hydrogens is 314 g/mol. The predicted octanol–water partition coefficient (Wildman–Crippen LogP) is 2.20. The van der Waals surface area contributed by atoms with Crippen LogP contribution in [-0.4, -0.2) is 25.5 Å². The van der Waals surface area contributed by atoms with E-state index >= 15 is 0 Å². The second-order valence-electron chi connectivity index (χ2n) is 3.54. The molecule has 0 aliphatic heterocycles. The molecule has 0 saturated carbocycles. The molecule has 6 heteroatoms. The number of nitriles is 1. The number of Topliss-reactive ketones (excluding diaryl/α,β-unsaturated/α-hetero) is 1. The normalized spacial score (nSPS) is 11.3. The molecule has 0 bridgehead atoms. The summed E-state index contributed by atoms with van der Waals surface area (Å²) in [5.74, 6) is -2.48. The molecule has 19 heavy (non-hydrogen) atoms. The fraction of sp³-hybridized carbons (Fsp3) is 0.308. The summed E-state index contributed by atoms with van der Waals surface area (Å²) in [7, 11) is 1.51. The number of methoxy groups -OCH3 is 1. The van der Waals surface area contributed by atoms with Gasteiger partial charge in [0.15, 0.2) is 0 Å². The minimum absolute atomic E-state index is 0.0923. The van der Waals surface area contributed by atoms with Crippen molar-refractivity contribution in [2.45, 2.75) is 12.8 Å². The third-order valence-electron chi connectivity index (χ3n) is 2.38. The van der Waals surface area contributed by atoms with Crippen molar-refractivity contribution >= 4 is 27.7 Å². The molecule has 1 aromatic rings. The summed E-state index contributed by atoms with van der Waals surface area (Å²) in [5, 5.41) is 9.06. The topological polar surface area (TPSA) is 76.4 Å². The van der Waals surface area contributed by atoms with Crippen LogP contribution in [0, 0.1) is 11.3 Å². The van der Waals surface area contributed by atoms with Crippen molar-refractivity contribution in [3.63, 3.8) is 0 Å². The van der Waals surface area contributed by atoms with Crippen LogP contribution in [0.15, 0.2) is 22.7 Å². The summed E-state index contributed by atoms with van der Waals surface area (Å²) in [6, 6.07) is 6.56. The lowest BCUT2D eigenvalue weighted by atomic mass is 9.96. The van der Waals surface area contributed by atoms with E-state index in [0.717, 1.165) is 0 Å². The Balaban J connectivity index is 3.05. The molecule has 5 nitrogen and oxygen atoms in total. The second-order valence-corrected chi connectivity index (χ2v) is 4.40. The van der Waals surface area contributed by atoms with Crippen LogP contribution >= 0.6 is 15.9 Å². The van der Waals surface area contributed by atoms with E-state index in [0.29, 0.717) is 15.8 Å². The van der Waals surface area contributed by atoms with Crippen molar-refractivity contribution in [2.24, 2.45) is 0 Å². The first-order valence-corrected chi connectivity index (χ1v) is 6.28. The summed E-state index contributed by atoms with van der Waals surface area (Å²) in [6.07, 6.45) is 0. The zero-order valence-electron chi connectivity index (χ0n) is 10.5. The number of carbonyl (C=O) groups excluding carboxylic acids is 2. The third-order valence-corrected chi connectivity index (χ3v) is 3.00. The van der Waals surface area contributed by atoms with Gasteiger partial charge >= 0.3 is 5.97 Å². The summed E-state index contributed by atoms with van der Waals surface area (Å²) in [6.45, 7) is 1.69. The molecule has 1 unspecified atom stereocenters. The van der Waals surface area contributed by atoms with Crippen LogP contribution in [0.1, 0.15) is 18.4 Å². The van der Waals surface area contributed by atoms with Gasteiger partial charge < -0.3 is 9.47 Å². The van der Waals surface area contributed by atoms with Crippen LogP contribution in [0.5, 0.6) is 5.75 Å². The molecule has 0 aliphatic carbocycles. The number of halogens is 1. The summed E-state index contributed by atoms with van der Waals surface area (Å²) in [4.78, 5) is 23.2. The Morgan fingerprint density at radius 1 is 1.47 bits per heavy atom. The summed E-state index contributed by atoms with van der Waals surface area (Å²) in [5.41, 5.74) is 0.410. The molecule has 0 radical (unpaired) electrons. The zero-order chi connectivity index (χ0) is 14.4. The largest absolute Gasteiger partial charge is 0.496 e. The first kappa shape index (κ1) is 15.2. The number of hydrogen-bond acceptors (Lipinski definition) is 5. The monoisotopic (exact) mass is 325 g/mol. The van der Waals surface area contributed by atoms with E-state index in [1.807, 2.05) is 6.07 Å². The molecule has 0 N–H and O–H groups in total. The number of hydrogen-bond donors (Lipinski definition) is 0. The van der Waals surface area contributed by atoms with E-state index in [2.05, 4.69) is 20.7 Å². The Labute approximate surface area is 119 Å². The molecule has 1 rings (SSSR count). The van der Waals surface area contributed by atoms with Gasteiger partial charge in [-0.05, 0) is 40.5 Å². The van der Waals surface area contributed by atoms with Crippen molar-refractivity contribution in [1.82, 2.24) is 0 Å². The van der Waals surface area contributed by atoms with Crippen LogP contribution in [0.25, 0.3) is 0 Å². The number of rotatable bonds is 5. The second kappa shape index (κ2) is 6.90. The van der Waals surface area contributed by atoms with Gasteiger partial charge in [0.25, 0.3) is 5.78 Å². The highest BCUT2D eigenvalue weighted by molar-refractivity contribution is 9.10. The lowest BCUT2D eigenvalue weighted by molar-refractivity contribution is -0.153. The summed E-state index contributed by atoms with van der Waals surface area (Å²) < 4.78 is 10.3. The number of nitrogens with zero attached hydrogens (tertiary/aromatic N) is 1. The van der Waals surface area contributed by atoms with Crippen molar-refractivity contribution in [1.29, 1.82) is 5.26 Å². The van der Waals surface area contributed by atoms with Gasteiger partial charge in [-0.2, -0.15) is 5.26 Å². The van der Waals surface area contributed by atoms with Gasteiger partial charge in [0.1, 0.15) is 11.7 Å². The van der Waals surface area contributed by atoms with Crippen LogP contribution in [0.3, 0.4) is 0 Å². The highest BCUT2D eigenvalue weighted by atomic mass is 79.9. The molecule has 1 aromatic carbocycles. The molecule has 1 atom stereocenters. The molecule has 0 amide bonds. The number of esters is 1. The lowest BCUT2D eigenvalue weighted by Crippen LogP contribution is -2.23. The van der Waals surface area contributed by atoms with Gasteiger partial charge in [-0.15, -0.1) is 0 Å². The Morgan fingerprint density at radius 2 is 2.16 bits per heavy atom. The first-order valence-electron chi connectivity index (χ1n) is 5.49. The predicted molar refractivity (Wildman–Crippen MR) is 70.7 cm³/mol. The van der Waals surface area contributed by atoms with E-state index in [-0.39, 0.29) is 6.61 Å². The van der Waals surface area contributed by atoms with Crippen LogP contribution < -0.4 is 4.74 Å². The Bertz CT molecular complexity index is 536. The van der Waals surface area contributed by atoms with Crippen molar-refractivity contribution in [3.8, 4) is 11.8 Å². The van der Waals surface area contributed by atoms with Crippen molar-refractivity contribution in [3.05, 3.63) is 28.2 Å². The quantitative estimate of drug-likeness (QED) is 0.612. The fourth-order valence-electron chi connectivity index (χ4n) is 1.47. The Morgan fingerprint density at radius 3 is 2.63 bits per heavy atom. The highest BCUT2D eigenvalue weighted by Crippen LogP contribution is 2.29. The maximum Gasteiger partial charge on any atom is 0.376 e. The van der Waals surface area contributed by atoms with E-state index < -0.39 is 17.7 Å². The molecule has 0 saturated heterocycles. The SMILES string of the molecule is CCOC(=O)C(=O)C(C#N)c1ccc(OC)c(Br)c1.